The van der Waals surface area contributed by atoms with Gasteiger partial charge in [-0.1, -0.05) is 18.2 Å². The number of rotatable bonds is 6. The fourth-order valence-electron chi connectivity index (χ4n) is 2.58. The van der Waals surface area contributed by atoms with Crippen LogP contribution in [0.2, 0.25) is 0 Å². The maximum Gasteiger partial charge on any atom is 0.287 e. The summed E-state index contributed by atoms with van der Waals surface area (Å²) < 4.78 is 13.1. The van der Waals surface area contributed by atoms with Gasteiger partial charge in [0.1, 0.15) is 18.1 Å². The Balaban J connectivity index is 1.58. The number of para-hydroxylation sites is 1. The molecule has 130 valence electrons. The second-order valence-corrected chi connectivity index (χ2v) is 5.90. The zero-order valence-electron chi connectivity index (χ0n) is 14.6. The Labute approximate surface area is 146 Å². The first-order valence-electron chi connectivity index (χ1n) is 8.07. The molecule has 3 aromatic rings. The van der Waals surface area contributed by atoms with E-state index in [1.54, 1.807) is 23.0 Å². The molecule has 1 aromatic carbocycles. The standard InChI is InChI=1S/C19H21N3O3/c1-13-5-4-6-14(2)18(13)24-12-16-7-8-17(25-16)19(23)20-11-15-9-10-21-22(15)3/h4-10H,11-12H2,1-3H3,(H,20,23). The van der Waals surface area contributed by atoms with Crippen LogP contribution in [0.15, 0.2) is 47.0 Å². The van der Waals surface area contributed by atoms with Crippen LogP contribution in [0.5, 0.6) is 5.75 Å². The summed E-state index contributed by atoms with van der Waals surface area (Å²) in [5.74, 6) is 1.45. The predicted octanol–water partition coefficient (Wildman–Crippen LogP) is 3.14. The van der Waals surface area contributed by atoms with Gasteiger partial charge >= 0.3 is 0 Å². The van der Waals surface area contributed by atoms with Crippen LogP contribution in [0.1, 0.15) is 33.1 Å². The van der Waals surface area contributed by atoms with Crippen molar-refractivity contribution in [2.24, 2.45) is 7.05 Å². The first-order chi connectivity index (χ1) is 12.0. The van der Waals surface area contributed by atoms with E-state index >= 15 is 0 Å². The van der Waals surface area contributed by atoms with Crippen LogP contribution in [0.25, 0.3) is 0 Å². The summed E-state index contributed by atoms with van der Waals surface area (Å²) in [5.41, 5.74) is 3.06. The van der Waals surface area contributed by atoms with Gasteiger partial charge in [0.2, 0.25) is 0 Å². The molecule has 2 aromatic heterocycles. The SMILES string of the molecule is Cc1cccc(C)c1OCc1ccc(C(=O)NCc2ccnn2C)o1. The molecule has 0 aliphatic heterocycles. The van der Waals surface area contributed by atoms with Crippen molar-refractivity contribution in [2.45, 2.75) is 27.0 Å². The third kappa shape index (κ3) is 3.91. The number of benzene rings is 1. The van der Waals surface area contributed by atoms with Crippen molar-refractivity contribution < 1.29 is 13.9 Å². The smallest absolute Gasteiger partial charge is 0.287 e. The monoisotopic (exact) mass is 339 g/mol. The van der Waals surface area contributed by atoms with Gasteiger partial charge < -0.3 is 14.5 Å². The van der Waals surface area contributed by atoms with Crippen molar-refractivity contribution >= 4 is 5.91 Å². The zero-order valence-corrected chi connectivity index (χ0v) is 14.6. The van der Waals surface area contributed by atoms with Crippen LogP contribution in [0.3, 0.4) is 0 Å². The number of carbonyl (C=O) groups is 1. The Morgan fingerprint density at radius 1 is 1.20 bits per heavy atom. The van der Waals surface area contributed by atoms with Gasteiger partial charge in [0.25, 0.3) is 5.91 Å². The van der Waals surface area contributed by atoms with E-state index in [0.717, 1.165) is 22.6 Å². The quantitative estimate of drug-likeness (QED) is 0.749. The summed E-state index contributed by atoms with van der Waals surface area (Å²) in [6, 6.07) is 11.3. The molecule has 0 saturated carbocycles. The lowest BCUT2D eigenvalue weighted by atomic mass is 10.1. The topological polar surface area (TPSA) is 69.3 Å². The van der Waals surface area contributed by atoms with Gasteiger partial charge in [-0.2, -0.15) is 5.10 Å². The molecule has 0 aliphatic carbocycles. The molecule has 1 amide bonds. The minimum Gasteiger partial charge on any atom is -0.485 e. The van der Waals surface area contributed by atoms with Crippen molar-refractivity contribution in [3.63, 3.8) is 0 Å². The summed E-state index contributed by atoms with van der Waals surface area (Å²) in [7, 11) is 1.83. The van der Waals surface area contributed by atoms with E-state index in [0.29, 0.717) is 12.3 Å². The fraction of sp³-hybridized carbons (Fsp3) is 0.263. The van der Waals surface area contributed by atoms with Crippen LogP contribution in [0, 0.1) is 13.8 Å². The van der Waals surface area contributed by atoms with E-state index in [-0.39, 0.29) is 18.3 Å². The number of nitrogens with zero attached hydrogens (tertiary/aromatic N) is 2. The molecular formula is C19H21N3O3. The molecule has 2 heterocycles. The van der Waals surface area contributed by atoms with E-state index in [4.69, 9.17) is 9.15 Å². The average Bonchev–Trinajstić information content (AvgIpc) is 3.21. The average molecular weight is 339 g/mol. The minimum atomic E-state index is -0.264. The van der Waals surface area contributed by atoms with Crippen molar-refractivity contribution in [1.82, 2.24) is 15.1 Å². The molecule has 0 bridgehead atoms. The third-order valence-electron chi connectivity index (χ3n) is 4.01. The largest absolute Gasteiger partial charge is 0.485 e. The van der Waals surface area contributed by atoms with E-state index in [1.807, 2.05) is 45.2 Å². The predicted molar refractivity (Wildman–Crippen MR) is 93.3 cm³/mol. The minimum absolute atomic E-state index is 0.264. The molecule has 0 saturated heterocycles. The Bertz CT molecular complexity index is 859. The molecule has 0 unspecified atom stereocenters. The van der Waals surface area contributed by atoms with Gasteiger partial charge in [0.15, 0.2) is 5.76 Å². The summed E-state index contributed by atoms with van der Waals surface area (Å²) in [4.78, 5) is 12.2. The van der Waals surface area contributed by atoms with Gasteiger partial charge in [-0.05, 0) is 43.2 Å². The first kappa shape index (κ1) is 16.8. The lowest BCUT2D eigenvalue weighted by molar-refractivity contribution is 0.0918. The molecule has 25 heavy (non-hydrogen) atoms. The highest BCUT2D eigenvalue weighted by molar-refractivity contribution is 5.91. The highest BCUT2D eigenvalue weighted by Gasteiger charge is 2.12. The Kier molecular flexibility index (Phi) is 4.88. The number of hydrogen-bond acceptors (Lipinski definition) is 4. The van der Waals surface area contributed by atoms with Crippen molar-refractivity contribution in [3.05, 3.63) is 70.9 Å². The second kappa shape index (κ2) is 7.25. The van der Waals surface area contributed by atoms with E-state index in [9.17, 15) is 4.79 Å². The molecule has 3 rings (SSSR count). The van der Waals surface area contributed by atoms with Gasteiger partial charge in [0.05, 0.1) is 12.2 Å². The van der Waals surface area contributed by atoms with Crippen molar-refractivity contribution in [3.8, 4) is 5.75 Å². The van der Waals surface area contributed by atoms with E-state index in [1.165, 1.54) is 0 Å². The molecule has 0 fully saturated rings. The summed E-state index contributed by atoms with van der Waals surface area (Å²) in [6.45, 7) is 4.68. The summed E-state index contributed by atoms with van der Waals surface area (Å²) in [5, 5.41) is 6.88. The molecular weight excluding hydrogens is 318 g/mol. The van der Waals surface area contributed by atoms with Crippen molar-refractivity contribution in [2.75, 3.05) is 0 Å². The lowest BCUT2D eigenvalue weighted by Gasteiger charge is -2.10. The number of hydrogen-bond donors (Lipinski definition) is 1. The van der Waals surface area contributed by atoms with Gasteiger partial charge in [-0.25, -0.2) is 0 Å². The summed E-state index contributed by atoms with van der Waals surface area (Å²) in [6.07, 6.45) is 1.69. The highest BCUT2D eigenvalue weighted by Crippen LogP contribution is 2.23. The van der Waals surface area contributed by atoms with Crippen LogP contribution < -0.4 is 10.1 Å². The maximum absolute atomic E-state index is 12.2. The van der Waals surface area contributed by atoms with Crippen molar-refractivity contribution in [1.29, 1.82) is 0 Å². The van der Waals surface area contributed by atoms with Crippen LogP contribution in [-0.2, 0) is 20.2 Å². The normalized spacial score (nSPS) is 10.7. The molecule has 0 aliphatic rings. The number of amides is 1. The van der Waals surface area contributed by atoms with E-state index in [2.05, 4.69) is 10.4 Å². The Morgan fingerprint density at radius 2 is 1.96 bits per heavy atom. The lowest BCUT2D eigenvalue weighted by Crippen LogP contribution is -2.23. The number of ether oxygens (including phenoxy) is 1. The molecule has 6 heteroatoms. The second-order valence-electron chi connectivity index (χ2n) is 5.90. The number of aryl methyl sites for hydroxylation is 3. The van der Waals surface area contributed by atoms with Gasteiger partial charge in [-0.15, -0.1) is 0 Å². The molecule has 0 spiro atoms. The molecule has 0 atom stereocenters. The Morgan fingerprint density at radius 3 is 2.64 bits per heavy atom. The first-order valence-corrected chi connectivity index (χ1v) is 8.07. The number of nitrogens with one attached hydrogen (secondary N) is 1. The van der Waals surface area contributed by atoms with Crippen LogP contribution >= 0.6 is 0 Å². The van der Waals surface area contributed by atoms with E-state index < -0.39 is 0 Å². The summed E-state index contributed by atoms with van der Waals surface area (Å²) >= 11 is 0. The third-order valence-corrected chi connectivity index (χ3v) is 4.01. The zero-order chi connectivity index (χ0) is 17.8. The molecule has 0 radical (unpaired) electrons. The van der Waals surface area contributed by atoms with Gasteiger partial charge in [-0.3, -0.25) is 9.48 Å². The number of aromatic nitrogens is 2. The number of furan rings is 1. The fourth-order valence-corrected chi connectivity index (χ4v) is 2.58. The van der Waals surface area contributed by atoms with Crippen LogP contribution in [0.4, 0.5) is 0 Å². The molecule has 1 N–H and O–H groups in total. The van der Waals surface area contributed by atoms with Crippen LogP contribution in [-0.4, -0.2) is 15.7 Å². The molecule has 6 nitrogen and oxygen atoms in total. The van der Waals surface area contributed by atoms with Gasteiger partial charge in [0, 0.05) is 13.2 Å². The highest BCUT2D eigenvalue weighted by atomic mass is 16.5. The maximum atomic E-state index is 12.2. The number of carbonyl (C=O) groups excluding carboxylic acids is 1. The Hall–Kier alpha value is -3.02.